The van der Waals surface area contributed by atoms with Crippen LogP contribution >= 0.6 is 0 Å². The van der Waals surface area contributed by atoms with Crippen molar-refractivity contribution in [2.24, 2.45) is 11.8 Å². The van der Waals surface area contributed by atoms with E-state index in [9.17, 15) is 13.2 Å². The van der Waals surface area contributed by atoms with E-state index in [-0.39, 0.29) is 10.8 Å². The van der Waals surface area contributed by atoms with Crippen molar-refractivity contribution in [2.75, 3.05) is 24.7 Å². The van der Waals surface area contributed by atoms with Crippen LogP contribution in [0.3, 0.4) is 0 Å². The zero-order valence-corrected chi connectivity index (χ0v) is 14.7. The van der Waals surface area contributed by atoms with Crippen molar-refractivity contribution in [3.05, 3.63) is 29.8 Å². The molecule has 2 aliphatic carbocycles. The van der Waals surface area contributed by atoms with Gasteiger partial charge in [0, 0.05) is 13.1 Å². The van der Waals surface area contributed by atoms with Gasteiger partial charge in [0.05, 0.1) is 16.3 Å². The summed E-state index contributed by atoms with van der Waals surface area (Å²) in [5.41, 5.74) is 2.39. The molecule has 130 valence electrons. The highest BCUT2D eigenvalue weighted by Crippen LogP contribution is 2.48. The maximum atomic E-state index is 12.4. The predicted octanol–water partition coefficient (Wildman–Crippen LogP) is 2.32. The molecule has 1 aromatic rings. The molecule has 0 spiro atoms. The third kappa shape index (κ3) is 3.79. The van der Waals surface area contributed by atoms with Crippen molar-refractivity contribution >= 4 is 27.3 Å². The molecule has 0 heterocycles. The van der Waals surface area contributed by atoms with Gasteiger partial charge in [0.1, 0.15) is 0 Å². The van der Waals surface area contributed by atoms with E-state index in [1.54, 1.807) is 19.2 Å². The van der Waals surface area contributed by atoms with Gasteiger partial charge in [-0.3, -0.25) is 4.79 Å². The lowest BCUT2D eigenvalue weighted by molar-refractivity contribution is -0.112. The van der Waals surface area contributed by atoms with Crippen molar-refractivity contribution < 1.29 is 13.2 Å². The van der Waals surface area contributed by atoms with Gasteiger partial charge in [-0.1, -0.05) is 5.57 Å². The van der Waals surface area contributed by atoms with Crippen LogP contribution in [0.1, 0.15) is 25.7 Å². The van der Waals surface area contributed by atoms with Crippen LogP contribution in [0, 0.1) is 11.8 Å². The van der Waals surface area contributed by atoms with Gasteiger partial charge >= 0.3 is 0 Å². The maximum Gasteiger partial charge on any atom is 0.248 e. The van der Waals surface area contributed by atoms with Crippen LogP contribution in [-0.2, 0) is 14.8 Å². The molecule has 0 atom stereocenters. The fraction of sp³-hybridized carbons (Fsp3) is 0.471. The number of carbonyl (C=O) groups is 1. The number of rotatable bonds is 7. The highest BCUT2D eigenvalue weighted by atomic mass is 32.2. The lowest BCUT2D eigenvalue weighted by atomic mass is 10.1. The van der Waals surface area contributed by atoms with E-state index in [4.69, 9.17) is 0 Å². The number of carbonyl (C=O) groups excluding carboxylic acids is 1. The molecule has 7 heteroatoms. The first-order valence-corrected chi connectivity index (χ1v) is 9.70. The molecular formula is C17H23N3O3S. The van der Waals surface area contributed by atoms with Crippen molar-refractivity contribution in [1.82, 2.24) is 4.72 Å². The first kappa shape index (κ1) is 17.0. The summed E-state index contributed by atoms with van der Waals surface area (Å²) in [6.45, 7) is 0. The smallest absolute Gasteiger partial charge is 0.248 e. The molecule has 1 amide bonds. The molecular weight excluding hydrogens is 326 g/mol. The van der Waals surface area contributed by atoms with E-state index in [2.05, 4.69) is 15.4 Å². The molecule has 3 N–H and O–H groups in total. The number of benzene rings is 1. The minimum atomic E-state index is -3.56. The van der Waals surface area contributed by atoms with Crippen LogP contribution in [0.2, 0.25) is 0 Å². The summed E-state index contributed by atoms with van der Waals surface area (Å²) in [5.74, 6) is 0.949. The Morgan fingerprint density at radius 2 is 1.71 bits per heavy atom. The van der Waals surface area contributed by atoms with Crippen LogP contribution in [0.5, 0.6) is 0 Å². The Hall–Kier alpha value is -1.86. The van der Waals surface area contributed by atoms with Gasteiger partial charge in [0.25, 0.3) is 0 Å². The highest BCUT2D eigenvalue weighted by molar-refractivity contribution is 7.89. The van der Waals surface area contributed by atoms with Gasteiger partial charge in [-0.25, -0.2) is 13.1 Å². The third-order valence-electron chi connectivity index (χ3n) is 4.49. The molecule has 1 aromatic carbocycles. The van der Waals surface area contributed by atoms with Gasteiger partial charge in [-0.05, 0) is 62.8 Å². The number of sulfonamides is 1. The lowest BCUT2D eigenvalue weighted by Crippen LogP contribution is -2.19. The number of anilines is 2. The Morgan fingerprint density at radius 3 is 2.21 bits per heavy atom. The van der Waals surface area contributed by atoms with E-state index >= 15 is 0 Å². The molecule has 0 saturated heterocycles. The average molecular weight is 349 g/mol. The number of allylic oxidation sites excluding steroid dienone is 1. The van der Waals surface area contributed by atoms with Gasteiger partial charge in [0.15, 0.2) is 0 Å². The van der Waals surface area contributed by atoms with Crippen molar-refractivity contribution in [3.63, 3.8) is 0 Å². The van der Waals surface area contributed by atoms with E-state index < -0.39 is 10.0 Å². The summed E-state index contributed by atoms with van der Waals surface area (Å²) in [5, 5.41) is 5.79. The first-order valence-electron chi connectivity index (χ1n) is 8.22. The molecule has 2 saturated carbocycles. The predicted molar refractivity (Wildman–Crippen MR) is 94.4 cm³/mol. The minimum absolute atomic E-state index is 0.118. The summed E-state index contributed by atoms with van der Waals surface area (Å²) >= 11 is 0. The Labute approximate surface area is 142 Å². The first-order chi connectivity index (χ1) is 11.4. The number of nitrogens with one attached hydrogen (secondary N) is 3. The molecule has 0 aromatic heterocycles. The number of hydrogen-bond donors (Lipinski definition) is 3. The monoisotopic (exact) mass is 349 g/mol. The SMILES string of the molecule is CNc1ccc(S(=O)(=O)NC)cc1NC(=O)C=C(C1CC1)C1CC1. The van der Waals surface area contributed by atoms with Crippen LogP contribution < -0.4 is 15.4 Å². The zero-order valence-electron chi connectivity index (χ0n) is 13.9. The van der Waals surface area contributed by atoms with Crippen LogP contribution in [0.4, 0.5) is 11.4 Å². The topological polar surface area (TPSA) is 87.3 Å². The van der Waals surface area contributed by atoms with Gasteiger partial charge in [-0.15, -0.1) is 0 Å². The standard InChI is InChI=1S/C17H23N3O3S/c1-18-15-8-7-13(24(22,23)19-2)9-16(15)20-17(21)10-14(11-3-4-11)12-5-6-12/h7-12,18-19H,3-6H2,1-2H3,(H,20,21). The van der Waals surface area contributed by atoms with E-state index in [1.807, 2.05) is 0 Å². The Morgan fingerprint density at radius 1 is 1.08 bits per heavy atom. The summed E-state index contributed by atoms with van der Waals surface area (Å²) in [6.07, 6.45) is 6.41. The quantitative estimate of drug-likeness (QED) is 0.659. The van der Waals surface area contributed by atoms with E-state index in [1.165, 1.54) is 50.4 Å². The summed E-state index contributed by atoms with van der Waals surface area (Å²) in [7, 11) is -0.466. The van der Waals surface area contributed by atoms with Crippen LogP contribution in [-0.4, -0.2) is 28.4 Å². The van der Waals surface area contributed by atoms with Crippen molar-refractivity contribution in [2.45, 2.75) is 30.6 Å². The summed E-state index contributed by atoms with van der Waals surface area (Å²) in [6, 6.07) is 4.62. The molecule has 2 fully saturated rings. The molecule has 2 aliphatic rings. The normalized spacial score (nSPS) is 17.2. The van der Waals surface area contributed by atoms with Crippen molar-refractivity contribution in [1.29, 1.82) is 0 Å². The number of amides is 1. The molecule has 0 bridgehead atoms. The third-order valence-corrected chi connectivity index (χ3v) is 5.90. The molecule has 6 nitrogen and oxygen atoms in total. The number of hydrogen-bond acceptors (Lipinski definition) is 4. The summed E-state index contributed by atoms with van der Waals surface area (Å²) < 4.78 is 26.2. The molecule has 3 rings (SSSR count). The van der Waals surface area contributed by atoms with E-state index in [0.717, 1.165) is 0 Å². The second kappa shape index (κ2) is 6.57. The van der Waals surface area contributed by atoms with Gasteiger partial charge in [0.2, 0.25) is 15.9 Å². The van der Waals surface area contributed by atoms with Crippen LogP contribution in [0.15, 0.2) is 34.7 Å². The molecule has 0 radical (unpaired) electrons. The largest absolute Gasteiger partial charge is 0.386 e. The average Bonchev–Trinajstić information content (AvgIpc) is 3.46. The minimum Gasteiger partial charge on any atom is -0.386 e. The fourth-order valence-corrected chi connectivity index (χ4v) is 3.61. The second-order valence-corrected chi connectivity index (χ2v) is 8.23. The summed E-state index contributed by atoms with van der Waals surface area (Å²) in [4.78, 5) is 12.5. The Bertz CT molecular complexity index is 764. The van der Waals surface area contributed by atoms with Crippen molar-refractivity contribution in [3.8, 4) is 0 Å². The lowest BCUT2D eigenvalue weighted by Gasteiger charge is -2.12. The Kier molecular flexibility index (Phi) is 4.64. The fourth-order valence-electron chi connectivity index (χ4n) is 2.85. The maximum absolute atomic E-state index is 12.4. The second-order valence-electron chi connectivity index (χ2n) is 6.35. The molecule has 0 unspecified atom stereocenters. The van der Waals surface area contributed by atoms with Gasteiger partial charge in [-0.2, -0.15) is 0 Å². The Balaban J connectivity index is 1.83. The van der Waals surface area contributed by atoms with Gasteiger partial charge < -0.3 is 10.6 Å². The van der Waals surface area contributed by atoms with E-state index in [0.29, 0.717) is 23.2 Å². The molecule has 24 heavy (non-hydrogen) atoms. The molecule has 0 aliphatic heterocycles. The zero-order chi connectivity index (χ0) is 17.3. The highest BCUT2D eigenvalue weighted by Gasteiger charge is 2.36. The van der Waals surface area contributed by atoms with Crippen LogP contribution in [0.25, 0.3) is 0 Å².